The van der Waals surface area contributed by atoms with Gasteiger partial charge in [-0.05, 0) is 47.9 Å². The number of hydrogen-bond acceptors (Lipinski definition) is 1. The number of hydrogen-bond donors (Lipinski definition) is 1. The molecule has 21 heavy (non-hydrogen) atoms. The normalized spacial score (nSPS) is 10.8. The van der Waals surface area contributed by atoms with Crippen molar-refractivity contribution in [1.29, 1.82) is 0 Å². The van der Waals surface area contributed by atoms with Crippen molar-refractivity contribution in [2.45, 2.75) is 19.8 Å². The minimum Gasteiger partial charge on any atom is -0.322 e. The van der Waals surface area contributed by atoms with Gasteiger partial charge in [0.1, 0.15) is 0 Å². The summed E-state index contributed by atoms with van der Waals surface area (Å²) >= 11 is 15.4. The van der Waals surface area contributed by atoms with Crippen LogP contribution in [-0.4, -0.2) is 5.91 Å². The standard InChI is InChI=1S/C16H14BrCl2NO/c1-9(2)13-7-10(17)3-6-15(13)20-16(21)12-5-4-11(18)8-14(12)19/h3-9H,1-2H3,(H,20,21). The Kier molecular flexibility index (Phi) is 5.31. The van der Waals surface area contributed by atoms with E-state index in [1.807, 2.05) is 18.2 Å². The van der Waals surface area contributed by atoms with Crippen LogP contribution in [0.15, 0.2) is 40.9 Å². The Morgan fingerprint density at radius 1 is 1.14 bits per heavy atom. The SMILES string of the molecule is CC(C)c1cc(Br)ccc1NC(=O)c1ccc(Cl)cc1Cl. The molecular formula is C16H14BrCl2NO. The van der Waals surface area contributed by atoms with Crippen molar-refractivity contribution < 1.29 is 4.79 Å². The number of carbonyl (C=O) groups excluding carboxylic acids is 1. The van der Waals surface area contributed by atoms with Crippen LogP contribution in [0, 0.1) is 0 Å². The van der Waals surface area contributed by atoms with Gasteiger partial charge in [-0.1, -0.05) is 53.0 Å². The molecule has 0 atom stereocenters. The van der Waals surface area contributed by atoms with E-state index in [2.05, 4.69) is 35.1 Å². The minimum atomic E-state index is -0.249. The summed E-state index contributed by atoms with van der Waals surface area (Å²) in [4.78, 5) is 12.4. The molecule has 0 bridgehead atoms. The highest BCUT2D eigenvalue weighted by Gasteiger charge is 2.14. The molecule has 110 valence electrons. The smallest absolute Gasteiger partial charge is 0.257 e. The Bertz CT molecular complexity index is 686. The zero-order valence-corrected chi connectivity index (χ0v) is 14.7. The molecule has 1 N–H and O–H groups in total. The monoisotopic (exact) mass is 385 g/mol. The van der Waals surface area contributed by atoms with E-state index in [0.29, 0.717) is 21.5 Å². The first-order chi connectivity index (χ1) is 9.88. The fraction of sp³-hybridized carbons (Fsp3) is 0.188. The van der Waals surface area contributed by atoms with E-state index >= 15 is 0 Å². The molecule has 0 aliphatic carbocycles. The molecule has 0 saturated carbocycles. The Morgan fingerprint density at radius 2 is 1.86 bits per heavy atom. The quantitative estimate of drug-likeness (QED) is 0.675. The van der Waals surface area contributed by atoms with Gasteiger partial charge in [0.05, 0.1) is 10.6 Å². The first-order valence-electron chi connectivity index (χ1n) is 6.44. The van der Waals surface area contributed by atoms with Crippen LogP contribution >= 0.6 is 39.1 Å². The summed E-state index contributed by atoms with van der Waals surface area (Å²) in [5.74, 6) is 0.0411. The molecule has 2 rings (SSSR count). The highest BCUT2D eigenvalue weighted by molar-refractivity contribution is 9.10. The minimum absolute atomic E-state index is 0.249. The second kappa shape index (κ2) is 6.82. The summed E-state index contributed by atoms with van der Waals surface area (Å²) < 4.78 is 0.980. The van der Waals surface area contributed by atoms with Gasteiger partial charge >= 0.3 is 0 Å². The van der Waals surface area contributed by atoms with Gasteiger partial charge in [0.15, 0.2) is 0 Å². The van der Waals surface area contributed by atoms with Crippen molar-refractivity contribution in [3.05, 3.63) is 62.0 Å². The van der Waals surface area contributed by atoms with E-state index in [0.717, 1.165) is 15.7 Å². The van der Waals surface area contributed by atoms with Crippen molar-refractivity contribution >= 4 is 50.7 Å². The molecule has 0 saturated heterocycles. The molecule has 0 spiro atoms. The lowest BCUT2D eigenvalue weighted by Crippen LogP contribution is -2.14. The summed E-state index contributed by atoms with van der Waals surface area (Å²) in [5, 5.41) is 3.75. The molecule has 2 aromatic rings. The number of amides is 1. The number of carbonyl (C=O) groups is 1. The fourth-order valence-electron chi connectivity index (χ4n) is 1.99. The molecule has 0 fully saturated rings. The Balaban J connectivity index is 2.31. The van der Waals surface area contributed by atoms with Crippen LogP contribution in [0.25, 0.3) is 0 Å². The topological polar surface area (TPSA) is 29.1 Å². The molecule has 2 aromatic carbocycles. The van der Waals surface area contributed by atoms with Crippen molar-refractivity contribution in [3.8, 4) is 0 Å². The van der Waals surface area contributed by atoms with Crippen LogP contribution < -0.4 is 5.32 Å². The number of benzene rings is 2. The average Bonchev–Trinajstić information content (AvgIpc) is 2.40. The van der Waals surface area contributed by atoms with Crippen molar-refractivity contribution in [1.82, 2.24) is 0 Å². The number of halogens is 3. The summed E-state index contributed by atoms with van der Waals surface area (Å²) in [5.41, 5.74) is 2.24. The van der Waals surface area contributed by atoms with Crippen LogP contribution in [0.4, 0.5) is 5.69 Å². The molecule has 0 aromatic heterocycles. The van der Waals surface area contributed by atoms with Gasteiger partial charge in [0.2, 0.25) is 0 Å². The molecule has 1 amide bonds. The van der Waals surface area contributed by atoms with E-state index in [4.69, 9.17) is 23.2 Å². The third kappa shape index (κ3) is 4.00. The van der Waals surface area contributed by atoms with Crippen LogP contribution in [-0.2, 0) is 0 Å². The lowest BCUT2D eigenvalue weighted by Gasteiger charge is -2.15. The van der Waals surface area contributed by atoms with E-state index in [-0.39, 0.29) is 5.91 Å². The summed E-state index contributed by atoms with van der Waals surface area (Å²) in [6, 6.07) is 10.6. The highest BCUT2D eigenvalue weighted by atomic mass is 79.9. The van der Waals surface area contributed by atoms with E-state index < -0.39 is 0 Å². The molecular weight excluding hydrogens is 373 g/mol. The summed E-state index contributed by atoms with van der Waals surface area (Å²) in [6.45, 7) is 4.15. The van der Waals surface area contributed by atoms with Crippen LogP contribution in [0.3, 0.4) is 0 Å². The fourth-order valence-corrected chi connectivity index (χ4v) is 2.86. The van der Waals surface area contributed by atoms with Gasteiger partial charge in [-0.2, -0.15) is 0 Å². The molecule has 0 heterocycles. The molecule has 0 aliphatic rings. The highest BCUT2D eigenvalue weighted by Crippen LogP contribution is 2.29. The second-order valence-electron chi connectivity index (χ2n) is 4.96. The Hall–Kier alpha value is -1.03. The van der Waals surface area contributed by atoms with Crippen LogP contribution in [0.1, 0.15) is 35.7 Å². The van der Waals surface area contributed by atoms with Gasteiger partial charge in [-0.3, -0.25) is 4.79 Å². The Labute approximate surface area is 142 Å². The third-order valence-electron chi connectivity index (χ3n) is 3.06. The van der Waals surface area contributed by atoms with E-state index in [1.165, 1.54) is 0 Å². The maximum Gasteiger partial charge on any atom is 0.257 e. The lowest BCUT2D eigenvalue weighted by molar-refractivity contribution is 0.102. The van der Waals surface area contributed by atoms with Crippen molar-refractivity contribution in [2.75, 3.05) is 5.32 Å². The summed E-state index contributed by atoms with van der Waals surface area (Å²) in [6.07, 6.45) is 0. The van der Waals surface area contributed by atoms with Gasteiger partial charge in [-0.15, -0.1) is 0 Å². The molecule has 0 radical (unpaired) electrons. The van der Waals surface area contributed by atoms with Crippen molar-refractivity contribution in [2.24, 2.45) is 0 Å². The van der Waals surface area contributed by atoms with E-state index in [1.54, 1.807) is 18.2 Å². The first kappa shape index (κ1) is 16.3. The summed E-state index contributed by atoms with van der Waals surface area (Å²) in [7, 11) is 0. The zero-order valence-electron chi connectivity index (χ0n) is 11.6. The van der Waals surface area contributed by atoms with Crippen molar-refractivity contribution in [3.63, 3.8) is 0 Å². The van der Waals surface area contributed by atoms with E-state index in [9.17, 15) is 4.79 Å². The van der Waals surface area contributed by atoms with Crippen LogP contribution in [0.2, 0.25) is 10.0 Å². The molecule has 5 heteroatoms. The first-order valence-corrected chi connectivity index (χ1v) is 7.99. The van der Waals surface area contributed by atoms with Gasteiger partial charge < -0.3 is 5.32 Å². The van der Waals surface area contributed by atoms with Gasteiger partial charge in [0, 0.05) is 15.2 Å². The number of anilines is 1. The predicted octanol–water partition coefficient (Wildman–Crippen LogP) is 6.13. The zero-order chi connectivity index (χ0) is 15.6. The van der Waals surface area contributed by atoms with Gasteiger partial charge in [-0.25, -0.2) is 0 Å². The largest absolute Gasteiger partial charge is 0.322 e. The average molecular weight is 387 g/mol. The molecule has 2 nitrogen and oxygen atoms in total. The molecule has 0 aliphatic heterocycles. The lowest BCUT2D eigenvalue weighted by atomic mass is 10.0. The van der Waals surface area contributed by atoms with Gasteiger partial charge in [0.25, 0.3) is 5.91 Å². The molecule has 0 unspecified atom stereocenters. The maximum atomic E-state index is 12.4. The maximum absolute atomic E-state index is 12.4. The predicted molar refractivity (Wildman–Crippen MR) is 92.6 cm³/mol. The third-order valence-corrected chi connectivity index (χ3v) is 4.10. The van der Waals surface area contributed by atoms with Crippen LogP contribution in [0.5, 0.6) is 0 Å². The number of rotatable bonds is 3. The number of nitrogens with one attached hydrogen (secondary N) is 1. The second-order valence-corrected chi connectivity index (χ2v) is 6.72. The Morgan fingerprint density at radius 3 is 2.48 bits per heavy atom.